The van der Waals surface area contributed by atoms with Gasteiger partial charge in [0.1, 0.15) is 5.75 Å². The van der Waals surface area contributed by atoms with E-state index in [1.807, 2.05) is 0 Å². The first-order chi connectivity index (χ1) is 8.12. The molecule has 0 spiro atoms. The van der Waals surface area contributed by atoms with E-state index < -0.39 is 0 Å². The Bertz CT molecular complexity index is 466. The van der Waals surface area contributed by atoms with E-state index in [-0.39, 0.29) is 12.4 Å². The minimum absolute atomic E-state index is 0.110. The van der Waals surface area contributed by atoms with Crippen LogP contribution in [0.5, 0.6) is 5.75 Å². The molecule has 0 aliphatic heterocycles. The highest BCUT2D eigenvalue weighted by Gasteiger charge is 2.14. The fourth-order valence-electron chi connectivity index (χ4n) is 1.37. The largest absolute Gasteiger partial charge is 0.497 e. The van der Waals surface area contributed by atoms with Crippen molar-refractivity contribution in [1.82, 2.24) is 0 Å². The van der Waals surface area contributed by atoms with E-state index in [0.717, 1.165) is 3.57 Å². The lowest BCUT2D eigenvalue weighted by atomic mass is 10.1. The van der Waals surface area contributed by atoms with Crippen LogP contribution in [-0.4, -0.2) is 19.7 Å². The van der Waals surface area contributed by atoms with Crippen LogP contribution >= 0.6 is 22.6 Å². The molecule has 0 heterocycles. The van der Waals surface area contributed by atoms with Crippen molar-refractivity contribution in [2.75, 3.05) is 13.7 Å². The summed E-state index contributed by atoms with van der Waals surface area (Å²) in [7, 11) is 1.54. The number of nitriles is 1. The summed E-state index contributed by atoms with van der Waals surface area (Å²) in [6.07, 6.45) is 0.110. The van der Waals surface area contributed by atoms with E-state index in [9.17, 15) is 4.79 Å². The first-order valence-corrected chi connectivity index (χ1v) is 6.12. The lowest BCUT2D eigenvalue weighted by Crippen LogP contribution is -2.10. The van der Waals surface area contributed by atoms with E-state index >= 15 is 0 Å². The van der Waals surface area contributed by atoms with Crippen molar-refractivity contribution in [1.29, 1.82) is 5.26 Å². The molecule has 4 nitrogen and oxygen atoms in total. The second-order valence-corrected chi connectivity index (χ2v) is 4.39. The van der Waals surface area contributed by atoms with Crippen LogP contribution in [0.2, 0.25) is 0 Å². The Hall–Kier alpha value is -1.29. The quantitative estimate of drug-likeness (QED) is 0.621. The Morgan fingerprint density at radius 3 is 2.76 bits per heavy atom. The van der Waals surface area contributed by atoms with Gasteiger partial charge >= 0.3 is 5.97 Å². The van der Waals surface area contributed by atoms with Gasteiger partial charge in [-0.25, -0.2) is 0 Å². The second-order valence-electron chi connectivity index (χ2n) is 3.23. The van der Waals surface area contributed by atoms with Crippen LogP contribution in [-0.2, 0) is 16.0 Å². The van der Waals surface area contributed by atoms with E-state index in [0.29, 0.717) is 23.5 Å². The maximum absolute atomic E-state index is 11.4. The highest BCUT2D eigenvalue weighted by molar-refractivity contribution is 14.1. The van der Waals surface area contributed by atoms with Crippen molar-refractivity contribution in [2.24, 2.45) is 0 Å². The summed E-state index contributed by atoms with van der Waals surface area (Å²) >= 11 is 2.08. The first kappa shape index (κ1) is 13.8. The zero-order valence-corrected chi connectivity index (χ0v) is 11.8. The Balaban J connectivity index is 3.07. The summed E-state index contributed by atoms with van der Waals surface area (Å²) in [5, 5.41) is 9.04. The van der Waals surface area contributed by atoms with Gasteiger partial charge < -0.3 is 9.47 Å². The normalized spacial score (nSPS) is 9.53. The zero-order valence-electron chi connectivity index (χ0n) is 9.62. The number of nitrogens with zero attached hydrogens (tertiary/aromatic N) is 1. The Morgan fingerprint density at radius 1 is 1.53 bits per heavy atom. The molecule has 0 aliphatic carbocycles. The number of benzene rings is 1. The van der Waals surface area contributed by atoms with Crippen LogP contribution in [0.1, 0.15) is 18.1 Å². The molecule has 0 saturated heterocycles. The lowest BCUT2D eigenvalue weighted by molar-refractivity contribution is -0.142. The molecule has 0 fully saturated rings. The summed E-state index contributed by atoms with van der Waals surface area (Å²) in [4.78, 5) is 11.4. The molecule has 0 N–H and O–H groups in total. The number of esters is 1. The molecular weight excluding hydrogens is 333 g/mol. The second kappa shape index (κ2) is 6.45. The van der Waals surface area contributed by atoms with Gasteiger partial charge in [-0.05, 0) is 47.2 Å². The third-order valence-corrected chi connectivity index (χ3v) is 3.11. The van der Waals surface area contributed by atoms with Crippen molar-refractivity contribution in [3.05, 3.63) is 26.8 Å². The lowest BCUT2D eigenvalue weighted by Gasteiger charge is -2.09. The molecule has 5 heteroatoms. The Labute approximate surface area is 114 Å². The molecule has 1 rings (SSSR count). The SMILES string of the molecule is CCOC(=O)Cc1c(I)cc(OC)cc1C#N. The molecule has 1 aromatic carbocycles. The average Bonchev–Trinajstić information content (AvgIpc) is 2.31. The van der Waals surface area contributed by atoms with Crippen molar-refractivity contribution >= 4 is 28.6 Å². The number of carbonyl (C=O) groups is 1. The monoisotopic (exact) mass is 345 g/mol. The molecule has 0 radical (unpaired) electrons. The summed E-state index contributed by atoms with van der Waals surface area (Å²) < 4.78 is 10.8. The number of halogens is 1. The fraction of sp³-hybridized carbons (Fsp3) is 0.333. The predicted molar refractivity (Wildman–Crippen MR) is 70.8 cm³/mol. The maximum atomic E-state index is 11.4. The van der Waals surface area contributed by atoms with Crippen LogP contribution in [0, 0.1) is 14.9 Å². The van der Waals surface area contributed by atoms with Crippen LogP contribution in [0.4, 0.5) is 0 Å². The molecule has 0 aliphatic rings. The number of rotatable bonds is 4. The minimum atomic E-state index is -0.327. The number of ether oxygens (including phenoxy) is 2. The van der Waals surface area contributed by atoms with Gasteiger partial charge in [0.05, 0.1) is 31.8 Å². The third kappa shape index (κ3) is 3.60. The maximum Gasteiger partial charge on any atom is 0.310 e. The highest BCUT2D eigenvalue weighted by Crippen LogP contribution is 2.24. The molecule has 0 saturated carbocycles. The van der Waals surface area contributed by atoms with Crippen LogP contribution in [0.25, 0.3) is 0 Å². The standard InChI is InChI=1S/C12H12INO3/c1-3-17-12(15)6-10-8(7-14)4-9(16-2)5-11(10)13/h4-5H,3,6H2,1-2H3. The highest BCUT2D eigenvalue weighted by atomic mass is 127. The summed E-state index contributed by atoms with van der Waals surface area (Å²) in [5.41, 5.74) is 1.13. The topological polar surface area (TPSA) is 59.3 Å². The molecule has 0 amide bonds. The van der Waals surface area contributed by atoms with Gasteiger partial charge in [-0.15, -0.1) is 0 Å². The fourth-order valence-corrected chi connectivity index (χ4v) is 2.15. The van der Waals surface area contributed by atoms with Crippen LogP contribution in [0.15, 0.2) is 12.1 Å². The number of methoxy groups -OCH3 is 1. The van der Waals surface area contributed by atoms with Gasteiger partial charge in [0.25, 0.3) is 0 Å². The number of hydrogen-bond acceptors (Lipinski definition) is 4. The van der Waals surface area contributed by atoms with Crippen molar-refractivity contribution < 1.29 is 14.3 Å². The van der Waals surface area contributed by atoms with Crippen LogP contribution in [0.3, 0.4) is 0 Å². The Kier molecular flexibility index (Phi) is 5.22. The van der Waals surface area contributed by atoms with Crippen molar-refractivity contribution in [3.8, 4) is 11.8 Å². The van der Waals surface area contributed by atoms with Crippen molar-refractivity contribution in [3.63, 3.8) is 0 Å². The predicted octanol–water partition coefficient (Wildman–Crippen LogP) is 2.28. The average molecular weight is 345 g/mol. The smallest absolute Gasteiger partial charge is 0.310 e. The van der Waals surface area contributed by atoms with E-state index in [1.165, 1.54) is 7.11 Å². The molecule has 0 unspecified atom stereocenters. The van der Waals surface area contributed by atoms with Gasteiger partial charge in [-0.1, -0.05) is 0 Å². The van der Waals surface area contributed by atoms with Gasteiger partial charge in [-0.3, -0.25) is 4.79 Å². The van der Waals surface area contributed by atoms with Crippen molar-refractivity contribution in [2.45, 2.75) is 13.3 Å². The van der Waals surface area contributed by atoms with Gasteiger partial charge in [0, 0.05) is 3.57 Å². The first-order valence-electron chi connectivity index (χ1n) is 5.04. The third-order valence-electron chi connectivity index (χ3n) is 2.15. The summed E-state index contributed by atoms with van der Waals surface area (Å²) in [6.45, 7) is 2.09. The van der Waals surface area contributed by atoms with E-state index in [2.05, 4.69) is 28.7 Å². The van der Waals surface area contributed by atoms with Crippen LogP contribution < -0.4 is 4.74 Å². The van der Waals surface area contributed by atoms with E-state index in [4.69, 9.17) is 14.7 Å². The number of hydrogen-bond donors (Lipinski definition) is 0. The van der Waals surface area contributed by atoms with Gasteiger partial charge in [0.2, 0.25) is 0 Å². The molecular formula is C12H12INO3. The number of carbonyl (C=O) groups excluding carboxylic acids is 1. The summed E-state index contributed by atoms with van der Waals surface area (Å²) in [5.74, 6) is 0.283. The van der Waals surface area contributed by atoms with Gasteiger partial charge in [0.15, 0.2) is 0 Å². The summed E-state index contributed by atoms with van der Waals surface area (Å²) in [6, 6.07) is 5.48. The van der Waals surface area contributed by atoms with E-state index in [1.54, 1.807) is 19.1 Å². The Morgan fingerprint density at radius 2 is 2.24 bits per heavy atom. The minimum Gasteiger partial charge on any atom is -0.497 e. The zero-order chi connectivity index (χ0) is 12.8. The molecule has 0 bridgehead atoms. The van der Waals surface area contributed by atoms with Gasteiger partial charge in [-0.2, -0.15) is 5.26 Å². The molecule has 0 atom stereocenters. The molecule has 17 heavy (non-hydrogen) atoms. The molecule has 90 valence electrons. The molecule has 1 aromatic rings. The molecule has 0 aromatic heterocycles.